The second kappa shape index (κ2) is 6.93. The molecule has 0 aliphatic carbocycles. The van der Waals surface area contributed by atoms with Gasteiger partial charge in [-0.2, -0.15) is 0 Å². The van der Waals surface area contributed by atoms with Crippen LogP contribution >= 0.6 is 11.9 Å². The lowest BCUT2D eigenvalue weighted by atomic mass is 10.7. The zero-order valence-electron chi connectivity index (χ0n) is 7.05. The summed E-state index contributed by atoms with van der Waals surface area (Å²) in [6.07, 6.45) is 0. The summed E-state index contributed by atoms with van der Waals surface area (Å²) in [7, 11) is 0. The number of carbonyl (C=O) groups is 2. The predicted octanol–water partition coefficient (Wildman–Crippen LogP) is -0.162. The van der Waals surface area contributed by atoms with Gasteiger partial charge in [0, 0.05) is 13.8 Å². The van der Waals surface area contributed by atoms with Crippen LogP contribution in [-0.4, -0.2) is 24.5 Å². The third kappa shape index (κ3) is 9.25. The standard InChI is InChI=1S/C6H12N2O3S/c1-5(9)7-4-12-8-3-11-6(2)10/h8H,3-4H2,1-2H3,(H,7,9). The molecular weight excluding hydrogens is 180 g/mol. The summed E-state index contributed by atoms with van der Waals surface area (Å²) in [6, 6.07) is 0. The second-order valence-electron chi connectivity index (χ2n) is 1.95. The molecule has 0 aromatic heterocycles. The number of hydrogen-bond acceptors (Lipinski definition) is 5. The number of nitrogens with one attached hydrogen (secondary N) is 2. The van der Waals surface area contributed by atoms with Crippen LogP contribution in [0.25, 0.3) is 0 Å². The van der Waals surface area contributed by atoms with Crippen LogP contribution in [0.4, 0.5) is 0 Å². The van der Waals surface area contributed by atoms with E-state index < -0.39 is 0 Å². The van der Waals surface area contributed by atoms with Gasteiger partial charge in [0.25, 0.3) is 0 Å². The average molecular weight is 192 g/mol. The molecule has 0 atom stereocenters. The van der Waals surface area contributed by atoms with Gasteiger partial charge < -0.3 is 10.1 Å². The van der Waals surface area contributed by atoms with E-state index in [0.29, 0.717) is 5.88 Å². The van der Waals surface area contributed by atoms with E-state index in [1.165, 1.54) is 25.8 Å². The molecule has 5 nitrogen and oxygen atoms in total. The number of rotatable bonds is 5. The maximum atomic E-state index is 10.3. The van der Waals surface area contributed by atoms with E-state index in [-0.39, 0.29) is 18.6 Å². The highest BCUT2D eigenvalue weighted by Crippen LogP contribution is 1.88. The molecule has 0 unspecified atom stereocenters. The minimum atomic E-state index is -0.331. The summed E-state index contributed by atoms with van der Waals surface area (Å²) in [5.41, 5.74) is 0. The lowest BCUT2D eigenvalue weighted by molar-refractivity contribution is -0.141. The van der Waals surface area contributed by atoms with Crippen LogP contribution < -0.4 is 10.0 Å². The number of esters is 1. The van der Waals surface area contributed by atoms with Gasteiger partial charge in [-0.3, -0.25) is 9.59 Å². The fourth-order valence-corrected chi connectivity index (χ4v) is 0.881. The van der Waals surface area contributed by atoms with Gasteiger partial charge in [0.05, 0.1) is 5.88 Å². The Balaban J connectivity index is 3.01. The number of carbonyl (C=O) groups excluding carboxylic acids is 2. The van der Waals surface area contributed by atoms with Gasteiger partial charge in [-0.25, -0.2) is 4.72 Å². The van der Waals surface area contributed by atoms with E-state index in [1.807, 2.05) is 0 Å². The molecule has 0 aliphatic heterocycles. The first-order valence-corrected chi connectivity index (χ1v) is 4.34. The van der Waals surface area contributed by atoms with Crippen LogP contribution in [0.3, 0.4) is 0 Å². The van der Waals surface area contributed by atoms with E-state index in [9.17, 15) is 9.59 Å². The highest BCUT2D eigenvalue weighted by atomic mass is 32.2. The van der Waals surface area contributed by atoms with Crippen molar-refractivity contribution in [3.63, 3.8) is 0 Å². The molecule has 0 radical (unpaired) electrons. The Morgan fingerprint density at radius 1 is 1.42 bits per heavy atom. The lowest BCUT2D eigenvalue weighted by Gasteiger charge is -2.03. The topological polar surface area (TPSA) is 67.4 Å². The zero-order valence-corrected chi connectivity index (χ0v) is 7.86. The van der Waals surface area contributed by atoms with Crippen molar-refractivity contribution in [3.05, 3.63) is 0 Å². The van der Waals surface area contributed by atoms with Crippen molar-refractivity contribution < 1.29 is 14.3 Å². The largest absolute Gasteiger partial charge is 0.449 e. The Kier molecular flexibility index (Phi) is 6.50. The average Bonchev–Trinajstić information content (AvgIpc) is 1.95. The van der Waals surface area contributed by atoms with Crippen molar-refractivity contribution in [1.82, 2.24) is 10.0 Å². The first-order valence-electron chi connectivity index (χ1n) is 3.35. The number of hydrogen-bond donors (Lipinski definition) is 2. The van der Waals surface area contributed by atoms with E-state index >= 15 is 0 Å². The summed E-state index contributed by atoms with van der Waals surface area (Å²) in [6.45, 7) is 2.92. The normalized spacial score (nSPS) is 9.17. The first-order chi connectivity index (χ1) is 5.63. The molecule has 1 amide bonds. The molecule has 12 heavy (non-hydrogen) atoms. The summed E-state index contributed by atoms with van der Waals surface area (Å²) in [5, 5.41) is 2.55. The monoisotopic (exact) mass is 192 g/mol. The van der Waals surface area contributed by atoms with Gasteiger partial charge in [0.15, 0.2) is 6.73 Å². The summed E-state index contributed by atoms with van der Waals surface area (Å²) < 4.78 is 7.30. The zero-order chi connectivity index (χ0) is 9.40. The van der Waals surface area contributed by atoms with Crippen molar-refractivity contribution in [2.24, 2.45) is 0 Å². The lowest BCUT2D eigenvalue weighted by Crippen LogP contribution is -2.22. The minimum absolute atomic E-state index is 0.0863. The van der Waals surface area contributed by atoms with Crippen LogP contribution in [-0.2, 0) is 14.3 Å². The molecule has 0 bridgehead atoms. The van der Waals surface area contributed by atoms with Gasteiger partial charge in [0.1, 0.15) is 0 Å². The van der Waals surface area contributed by atoms with E-state index in [2.05, 4.69) is 14.8 Å². The SMILES string of the molecule is CC(=O)NCSNCOC(C)=O. The van der Waals surface area contributed by atoms with Gasteiger partial charge in [-0.15, -0.1) is 0 Å². The Bertz CT molecular complexity index is 145. The van der Waals surface area contributed by atoms with E-state index in [4.69, 9.17) is 0 Å². The summed E-state index contributed by atoms with van der Waals surface area (Å²) in [4.78, 5) is 20.6. The molecule has 0 heterocycles. The predicted molar refractivity (Wildman–Crippen MR) is 46.0 cm³/mol. The molecule has 70 valence electrons. The Labute approximate surface area is 75.4 Å². The molecule has 0 aromatic carbocycles. The molecule has 0 rings (SSSR count). The highest BCUT2D eigenvalue weighted by molar-refractivity contribution is 7.97. The molecule has 2 N–H and O–H groups in total. The van der Waals surface area contributed by atoms with Crippen LogP contribution in [0.5, 0.6) is 0 Å². The van der Waals surface area contributed by atoms with Crippen molar-refractivity contribution >= 4 is 23.8 Å². The molecular formula is C6H12N2O3S. The van der Waals surface area contributed by atoms with E-state index in [0.717, 1.165) is 0 Å². The maximum Gasteiger partial charge on any atom is 0.303 e. The molecule has 6 heteroatoms. The van der Waals surface area contributed by atoms with Crippen LogP contribution in [0.2, 0.25) is 0 Å². The van der Waals surface area contributed by atoms with E-state index in [1.54, 1.807) is 0 Å². The second-order valence-corrected chi connectivity index (χ2v) is 2.81. The molecule has 0 fully saturated rings. The van der Waals surface area contributed by atoms with Gasteiger partial charge in [0.2, 0.25) is 5.91 Å². The Morgan fingerprint density at radius 2 is 2.08 bits per heavy atom. The minimum Gasteiger partial charge on any atom is -0.449 e. The van der Waals surface area contributed by atoms with Crippen molar-refractivity contribution in [1.29, 1.82) is 0 Å². The molecule has 0 saturated heterocycles. The molecule has 0 saturated carbocycles. The summed E-state index contributed by atoms with van der Waals surface area (Å²) in [5.74, 6) is 0.0377. The maximum absolute atomic E-state index is 10.3. The fourth-order valence-electron chi connectivity index (χ4n) is 0.362. The molecule has 0 aliphatic rings. The van der Waals surface area contributed by atoms with Gasteiger partial charge in [-0.05, 0) is 0 Å². The van der Waals surface area contributed by atoms with Crippen LogP contribution in [0.1, 0.15) is 13.8 Å². The fraction of sp³-hybridized carbons (Fsp3) is 0.667. The first kappa shape index (κ1) is 11.2. The van der Waals surface area contributed by atoms with Crippen molar-refractivity contribution in [2.75, 3.05) is 12.6 Å². The molecule has 0 spiro atoms. The quantitative estimate of drug-likeness (QED) is 0.274. The van der Waals surface area contributed by atoms with Crippen LogP contribution in [0.15, 0.2) is 0 Å². The third-order valence-electron chi connectivity index (χ3n) is 0.830. The smallest absolute Gasteiger partial charge is 0.303 e. The molecule has 0 aromatic rings. The third-order valence-corrected chi connectivity index (χ3v) is 1.44. The van der Waals surface area contributed by atoms with Crippen molar-refractivity contribution in [3.8, 4) is 0 Å². The number of amides is 1. The number of ether oxygens (including phenoxy) is 1. The Morgan fingerprint density at radius 3 is 2.58 bits per heavy atom. The van der Waals surface area contributed by atoms with Crippen LogP contribution in [0, 0.1) is 0 Å². The van der Waals surface area contributed by atoms with Crippen molar-refractivity contribution in [2.45, 2.75) is 13.8 Å². The highest BCUT2D eigenvalue weighted by Gasteiger charge is 1.92. The van der Waals surface area contributed by atoms with Gasteiger partial charge in [-0.1, -0.05) is 11.9 Å². The Hall–Kier alpha value is -0.750. The summed E-state index contributed by atoms with van der Waals surface area (Å²) >= 11 is 1.26. The van der Waals surface area contributed by atoms with Gasteiger partial charge >= 0.3 is 5.97 Å².